The van der Waals surface area contributed by atoms with Crippen molar-refractivity contribution in [2.75, 3.05) is 5.73 Å². The minimum absolute atomic E-state index is 0.126. The first kappa shape index (κ1) is 16.0. The van der Waals surface area contributed by atoms with Gasteiger partial charge in [-0.15, -0.1) is 0 Å². The minimum atomic E-state index is -0.269. The van der Waals surface area contributed by atoms with Gasteiger partial charge in [0.2, 0.25) is 0 Å². The van der Waals surface area contributed by atoms with Crippen molar-refractivity contribution in [3.63, 3.8) is 0 Å². The van der Waals surface area contributed by atoms with E-state index in [9.17, 15) is 4.79 Å². The number of benzene rings is 1. The van der Waals surface area contributed by atoms with Crippen LogP contribution in [0.15, 0.2) is 22.7 Å². The van der Waals surface area contributed by atoms with Crippen molar-refractivity contribution in [1.29, 1.82) is 0 Å². The Balaban J connectivity index is 2.84. The van der Waals surface area contributed by atoms with E-state index in [4.69, 9.17) is 5.73 Å². The number of carbonyl (C=O) groups is 1. The molecule has 0 saturated heterocycles. The average molecular weight is 327 g/mol. The van der Waals surface area contributed by atoms with Gasteiger partial charge in [0, 0.05) is 15.7 Å². The summed E-state index contributed by atoms with van der Waals surface area (Å²) >= 11 is 3.33. The molecule has 0 heterocycles. The van der Waals surface area contributed by atoms with Crippen LogP contribution >= 0.6 is 15.9 Å². The van der Waals surface area contributed by atoms with Crippen LogP contribution in [0.2, 0.25) is 0 Å². The molecule has 106 valence electrons. The number of anilines is 1. The van der Waals surface area contributed by atoms with Gasteiger partial charge in [-0.3, -0.25) is 4.79 Å². The molecule has 0 atom stereocenters. The van der Waals surface area contributed by atoms with Crippen LogP contribution in [0.5, 0.6) is 0 Å². The van der Waals surface area contributed by atoms with E-state index in [1.54, 1.807) is 12.1 Å². The SMILES string of the molecule is CC(C)(C)CC(C)(C)NC(=O)c1ccc(Br)cc1N. The molecule has 1 amide bonds. The van der Waals surface area contributed by atoms with Crippen LogP contribution < -0.4 is 11.1 Å². The molecular formula is C15H23BrN2O. The number of amides is 1. The number of halogens is 1. The maximum absolute atomic E-state index is 12.3. The third-order valence-corrected chi connectivity index (χ3v) is 3.18. The molecule has 19 heavy (non-hydrogen) atoms. The molecule has 1 rings (SSSR count). The highest BCUT2D eigenvalue weighted by atomic mass is 79.9. The molecule has 0 aliphatic carbocycles. The molecule has 0 bridgehead atoms. The fourth-order valence-electron chi connectivity index (χ4n) is 2.49. The Hall–Kier alpha value is -1.03. The Morgan fingerprint density at radius 1 is 1.26 bits per heavy atom. The summed E-state index contributed by atoms with van der Waals surface area (Å²) in [4.78, 5) is 12.3. The van der Waals surface area contributed by atoms with E-state index in [0.29, 0.717) is 11.3 Å². The number of carbonyl (C=O) groups excluding carboxylic acids is 1. The van der Waals surface area contributed by atoms with Crippen molar-refractivity contribution in [2.24, 2.45) is 5.41 Å². The van der Waals surface area contributed by atoms with Gasteiger partial charge >= 0.3 is 0 Å². The molecule has 0 unspecified atom stereocenters. The number of rotatable bonds is 3. The summed E-state index contributed by atoms with van der Waals surface area (Å²) in [5, 5.41) is 3.06. The van der Waals surface area contributed by atoms with Crippen LogP contribution in [0.25, 0.3) is 0 Å². The van der Waals surface area contributed by atoms with Gasteiger partial charge in [0.05, 0.1) is 5.56 Å². The van der Waals surface area contributed by atoms with Gasteiger partial charge in [-0.25, -0.2) is 0 Å². The van der Waals surface area contributed by atoms with Crippen LogP contribution in [0.1, 0.15) is 51.4 Å². The van der Waals surface area contributed by atoms with Gasteiger partial charge in [0.15, 0.2) is 0 Å². The van der Waals surface area contributed by atoms with E-state index >= 15 is 0 Å². The van der Waals surface area contributed by atoms with Gasteiger partial charge in [-0.2, -0.15) is 0 Å². The van der Waals surface area contributed by atoms with Gasteiger partial charge < -0.3 is 11.1 Å². The maximum atomic E-state index is 12.3. The lowest BCUT2D eigenvalue weighted by molar-refractivity contribution is 0.0892. The number of nitrogens with two attached hydrogens (primary N) is 1. The van der Waals surface area contributed by atoms with E-state index in [0.717, 1.165) is 10.9 Å². The Morgan fingerprint density at radius 2 is 1.84 bits per heavy atom. The predicted molar refractivity (Wildman–Crippen MR) is 84.2 cm³/mol. The van der Waals surface area contributed by atoms with E-state index < -0.39 is 0 Å². The van der Waals surface area contributed by atoms with E-state index in [2.05, 4.69) is 42.0 Å². The topological polar surface area (TPSA) is 55.1 Å². The molecule has 0 fully saturated rings. The minimum Gasteiger partial charge on any atom is -0.398 e. The van der Waals surface area contributed by atoms with E-state index in [-0.39, 0.29) is 16.9 Å². The second-order valence-corrected chi connectivity index (χ2v) is 7.72. The quantitative estimate of drug-likeness (QED) is 0.825. The fraction of sp³-hybridized carbons (Fsp3) is 0.533. The molecule has 1 aromatic carbocycles. The number of hydrogen-bond acceptors (Lipinski definition) is 2. The zero-order chi connectivity index (χ0) is 14.8. The third-order valence-electron chi connectivity index (χ3n) is 2.68. The highest BCUT2D eigenvalue weighted by Crippen LogP contribution is 2.27. The molecule has 0 spiro atoms. The molecular weight excluding hydrogens is 304 g/mol. The van der Waals surface area contributed by atoms with Crippen LogP contribution in [0, 0.1) is 5.41 Å². The Kier molecular flexibility index (Phi) is 4.67. The van der Waals surface area contributed by atoms with Gasteiger partial charge in [0.1, 0.15) is 0 Å². The zero-order valence-corrected chi connectivity index (χ0v) is 13.9. The summed E-state index contributed by atoms with van der Waals surface area (Å²) in [6, 6.07) is 5.30. The van der Waals surface area contributed by atoms with E-state index in [1.165, 1.54) is 0 Å². The first-order valence-corrected chi connectivity index (χ1v) is 7.17. The summed E-state index contributed by atoms with van der Waals surface area (Å²) in [6.45, 7) is 10.6. The van der Waals surface area contributed by atoms with Crippen molar-refractivity contribution in [2.45, 2.75) is 46.6 Å². The van der Waals surface area contributed by atoms with Crippen LogP contribution in [0.4, 0.5) is 5.69 Å². The first-order valence-electron chi connectivity index (χ1n) is 6.38. The lowest BCUT2D eigenvalue weighted by Crippen LogP contribution is -2.46. The Morgan fingerprint density at radius 3 is 2.32 bits per heavy atom. The normalized spacial score (nSPS) is 12.3. The first-order chi connectivity index (χ1) is 8.50. The summed E-state index contributed by atoms with van der Waals surface area (Å²) < 4.78 is 0.871. The lowest BCUT2D eigenvalue weighted by Gasteiger charge is -2.33. The highest BCUT2D eigenvalue weighted by Gasteiger charge is 2.27. The summed E-state index contributed by atoms with van der Waals surface area (Å²) in [5.41, 5.74) is 6.77. The molecule has 0 saturated carbocycles. The molecule has 0 aliphatic rings. The molecule has 0 aliphatic heterocycles. The summed E-state index contributed by atoms with van der Waals surface area (Å²) in [6.07, 6.45) is 0.891. The summed E-state index contributed by atoms with van der Waals surface area (Å²) in [5.74, 6) is -0.126. The van der Waals surface area contributed by atoms with Crippen LogP contribution in [-0.4, -0.2) is 11.4 Å². The zero-order valence-electron chi connectivity index (χ0n) is 12.3. The maximum Gasteiger partial charge on any atom is 0.253 e. The van der Waals surface area contributed by atoms with Gasteiger partial charge in [-0.1, -0.05) is 36.7 Å². The Labute approximate surface area is 124 Å². The largest absolute Gasteiger partial charge is 0.398 e. The summed E-state index contributed by atoms with van der Waals surface area (Å²) in [7, 11) is 0. The van der Waals surface area contributed by atoms with Crippen molar-refractivity contribution >= 4 is 27.5 Å². The number of hydrogen-bond donors (Lipinski definition) is 2. The third kappa shape index (κ3) is 5.23. The van der Waals surface area contributed by atoms with Crippen molar-refractivity contribution in [3.8, 4) is 0 Å². The number of nitrogens with one attached hydrogen (secondary N) is 1. The smallest absolute Gasteiger partial charge is 0.253 e. The molecule has 0 radical (unpaired) electrons. The van der Waals surface area contributed by atoms with Crippen molar-refractivity contribution in [3.05, 3.63) is 28.2 Å². The predicted octanol–water partition coefficient (Wildman–Crippen LogP) is 3.98. The second kappa shape index (κ2) is 5.53. The fourth-order valence-corrected chi connectivity index (χ4v) is 2.86. The Bertz CT molecular complexity index is 476. The second-order valence-electron chi connectivity index (χ2n) is 6.81. The van der Waals surface area contributed by atoms with Gasteiger partial charge in [-0.05, 0) is 43.9 Å². The standard InChI is InChI=1S/C15H23BrN2O/c1-14(2,3)9-15(4,5)18-13(19)11-7-6-10(16)8-12(11)17/h6-8H,9,17H2,1-5H3,(H,18,19). The number of nitrogen functional groups attached to an aromatic ring is 1. The van der Waals surface area contributed by atoms with E-state index in [1.807, 2.05) is 19.9 Å². The monoisotopic (exact) mass is 326 g/mol. The molecule has 4 heteroatoms. The van der Waals surface area contributed by atoms with Crippen LogP contribution in [-0.2, 0) is 0 Å². The molecule has 3 N–H and O–H groups in total. The average Bonchev–Trinajstić information content (AvgIpc) is 2.11. The molecule has 0 aromatic heterocycles. The van der Waals surface area contributed by atoms with Crippen molar-refractivity contribution < 1.29 is 4.79 Å². The van der Waals surface area contributed by atoms with Gasteiger partial charge in [0.25, 0.3) is 5.91 Å². The molecule has 1 aromatic rings. The van der Waals surface area contributed by atoms with Crippen molar-refractivity contribution in [1.82, 2.24) is 5.32 Å². The highest BCUT2D eigenvalue weighted by molar-refractivity contribution is 9.10. The molecule has 3 nitrogen and oxygen atoms in total. The lowest BCUT2D eigenvalue weighted by atomic mass is 9.81. The van der Waals surface area contributed by atoms with Crippen LogP contribution in [0.3, 0.4) is 0 Å².